The molecule has 140 valence electrons. The van der Waals surface area contributed by atoms with Gasteiger partial charge in [0.2, 0.25) is 0 Å². The minimum absolute atomic E-state index is 0.101. The largest absolute Gasteiger partial charge is 0.385 e. The van der Waals surface area contributed by atoms with Crippen molar-refractivity contribution in [1.82, 2.24) is 15.5 Å². The van der Waals surface area contributed by atoms with Crippen LogP contribution in [0.3, 0.4) is 0 Å². The molecule has 0 aliphatic heterocycles. The standard InChI is InChI=1S/C18H28ClFN4O/c1-21-18(22-8-10-24(2)9-5-11-25-3)23-16-12-13(16)17-14(19)6-4-7-15(17)20/h4,6-7,13,16H,5,8-12H2,1-3H3,(H2,21,22,23). The molecule has 1 fully saturated rings. The van der Waals surface area contributed by atoms with Gasteiger partial charge in [-0.15, -0.1) is 0 Å². The molecule has 1 saturated carbocycles. The van der Waals surface area contributed by atoms with Crippen LogP contribution in [0.15, 0.2) is 23.2 Å². The predicted molar refractivity (Wildman–Crippen MR) is 101 cm³/mol. The van der Waals surface area contributed by atoms with Gasteiger partial charge >= 0.3 is 0 Å². The number of hydrogen-bond donors (Lipinski definition) is 2. The van der Waals surface area contributed by atoms with E-state index in [4.69, 9.17) is 16.3 Å². The highest BCUT2D eigenvalue weighted by molar-refractivity contribution is 6.31. The first kappa shape index (κ1) is 19.9. The fourth-order valence-electron chi connectivity index (χ4n) is 2.86. The zero-order chi connectivity index (χ0) is 18.2. The van der Waals surface area contributed by atoms with Crippen LogP contribution < -0.4 is 10.6 Å². The van der Waals surface area contributed by atoms with Gasteiger partial charge < -0.3 is 20.3 Å². The normalized spacial score (nSPS) is 20.0. The topological polar surface area (TPSA) is 48.9 Å². The van der Waals surface area contributed by atoms with Gasteiger partial charge in [0.15, 0.2) is 5.96 Å². The number of nitrogens with one attached hydrogen (secondary N) is 2. The number of aliphatic imine (C=N–C) groups is 1. The van der Waals surface area contributed by atoms with E-state index in [1.165, 1.54) is 6.07 Å². The van der Waals surface area contributed by atoms with Crippen molar-refractivity contribution < 1.29 is 9.13 Å². The highest BCUT2D eigenvalue weighted by Gasteiger charge is 2.41. The van der Waals surface area contributed by atoms with Crippen LogP contribution in [0, 0.1) is 5.82 Å². The second kappa shape index (κ2) is 9.94. The van der Waals surface area contributed by atoms with Crippen molar-refractivity contribution >= 4 is 17.6 Å². The smallest absolute Gasteiger partial charge is 0.191 e. The van der Waals surface area contributed by atoms with Gasteiger partial charge in [0.05, 0.1) is 0 Å². The zero-order valence-electron chi connectivity index (χ0n) is 15.2. The number of likely N-dealkylation sites (N-methyl/N-ethyl adjacent to an activating group) is 1. The summed E-state index contributed by atoms with van der Waals surface area (Å²) in [5, 5.41) is 7.14. The summed E-state index contributed by atoms with van der Waals surface area (Å²) < 4.78 is 19.0. The van der Waals surface area contributed by atoms with Crippen LogP contribution in [0.25, 0.3) is 0 Å². The molecule has 0 saturated heterocycles. The van der Waals surface area contributed by atoms with E-state index < -0.39 is 0 Å². The molecule has 5 nitrogen and oxygen atoms in total. The average Bonchev–Trinajstić information content (AvgIpc) is 3.32. The molecule has 1 aromatic rings. The van der Waals surface area contributed by atoms with Crippen molar-refractivity contribution in [3.63, 3.8) is 0 Å². The minimum atomic E-state index is -0.234. The summed E-state index contributed by atoms with van der Waals surface area (Å²) >= 11 is 6.14. The molecular weight excluding hydrogens is 343 g/mol. The maximum atomic E-state index is 14.0. The van der Waals surface area contributed by atoms with E-state index in [2.05, 4.69) is 27.6 Å². The molecule has 1 aliphatic carbocycles. The van der Waals surface area contributed by atoms with Crippen LogP contribution in [0.4, 0.5) is 4.39 Å². The predicted octanol–water partition coefficient (Wildman–Crippen LogP) is 2.47. The van der Waals surface area contributed by atoms with Gasteiger partial charge in [0.1, 0.15) is 5.82 Å². The second-order valence-electron chi connectivity index (χ2n) is 6.38. The Balaban J connectivity index is 1.73. The number of hydrogen-bond acceptors (Lipinski definition) is 3. The molecule has 0 spiro atoms. The van der Waals surface area contributed by atoms with E-state index in [1.54, 1.807) is 26.3 Å². The van der Waals surface area contributed by atoms with E-state index in [0.717, 1.165) is 45.0 Å². The van der Waals surface area contributed by atoms with Gasteiger partial charge in [-0.05, 0) is 32.0 Å². The van der Waals surface area contributed by atoms with Crippen LogP contribution in [0.5, 0.6) is 0 Å². The Hall–Kier alpha value is -1.37. The lowest BCUT2D eigenvalue weighted by molar-refractivity contribution is 0.180. The van der Waals surface area contributed by atoms with Crippen molar-refractivity contribution in [2.24, 2.45) is 4.99 Å². The molecule has 0 bridgehead atoms. The molecule has 1 aliphatic rings. The van der Waals surface area contributed by atoms with Gasteiger partial charge in [0, 0.05) is 62.9 Å². The van der Waals surface area contributed by atoms with Crippen LogP contribution in [-0.4, -0.2) is 64.3 Å². The molecular formula is C18H28ClFN4O. The molecule has 2 unspecified atom stereocenters. The lowest BCUT2D eigenvalue weighted by atomic mass is 10.1. The lowest BCUT2D eigenvalue weighted by Gasteiger charge is -2.18. The Labute approximate surface area is 154 Å². The van der Waals surface area contributed by atoms with Crippen LogP contribution in [0.2, 0.25) is 5.02 Å². The van der Waals surface area contributed by atoms with Gasteiger partial charge in [-0.3, -0.25) is 4.99 Å². The number of ether oxygens (including phenoxy) is 1. The van der Waals surface area contributed by atoms with Crippen molar-refractivity contribution in [3.05, 3.63) is 34.6 Å². The third-order valence-electron chi connectivity index (χ3n) is 4.38. The number of halogens is 2. The van der Waals surface area contributed by atoms with Crippen molar-refractivity contribution in [1.29, 1.82) is 0 Å². The Morgan fingerprint density at radius 3 is 2.92 bits per heavy atom. The first-order valence-corrected chi connectivity index (χ1v) is 9.03. The highest BCUT2D eigenvalue weighted by atomic mass is 35.5. The molecule has 2 atom stereocenters. The molecule has 0 amide bonds. The van der Waals surface area contributed by atoms with Crippen molar-refractivity contribution in [3.8, 4) is 0 Å². The monoisotopic (exact) mass is 370 g/mol. The van der Waals surface area contributed by atoms with Crippen LogP contribution in [-0.2, 0) is 4.74 Å². The molecule has 7 heteroatoms. The van der Waals surface area contributed by atoms with E-state index in [-0.39, 0.29) is 17.8 Å². The van der Waals surface area contributed by atoms with E-state index in [1.807, 2.05) is 0 Å². The van der Waals surface area contributed by atoms with Crippen LogP contribution in [0.1, 0.15) is 24.3 Å². The molecule has 1 aromatic carbocycles. The van der Waals surface area contributed by atoms with Gasteiger partial charge in [0.25, 0.3) is 0 Å². The number of nitrogens with zero attached hydrogens (tertiary/aromatic N) is 2. The zero-order valence-corrected chi connectivity index (χ0v) is 15.9. The average molecular weight is 371 g/mol. The summed E-state index contributed by atoms with van der Waals surface area (Å²) in [6.07, 6.45) is 1.88. The van der Waals surface area contributed by atoms with Crippen LogP contribution >= 0.6 is 11.6 Å². The summed E-state index contributed by atoms with van der Waals surface area (Å²) in [7, 11) is 5.55. The number of methoxy groups -OCH3 is 1. The van der Waals surface area contributed by atoms with Crippen molar-refractivity contribution in [2.75, 3.05) is 47.4 Å². The Kier molecular flexibility index (Phi) is 7.93. The fraction of sp³-hybridized carbons (Fsp3) is 0.611. The quantitative estimate of drug-likeness (QED) is 0.398. The Morgan fingerprint density at radius 2 is 2.24 bits per heavy atom. The molecule has 0 aromatic heterocycles. The molecule has 25 heavy (non-hydrogen) atoms. The van der Waals surface area contributed by atoms with E-state index in [0.29, 0.717) is 10.6 Å². The maximum absolute atomic E-state index is 14.0. The minimum Gasteiger partial charge on any atom is -0.385 e. The Morgan fingerprint density at radius 1 is 1.44 bits per heavy atom. The van der Waals surface area contributed by atoms with E-state index in [9.17, 15) is 4.39 Å². The summed E-state index contributed by atoms with van der Waals surface area (Å²) in [5.74, 6) is 0.608. The fourth-order valence-corrected chi connectivity index (χ4v) is 3.17. The number of guanidine groups is 1. The SMILES string of the molecule is CN=C(NCCN(C)CCCOC)NC1CC1c1c(F)cccc1Cl. The van der Waals surface area contributed by atoms with Gasteiger partial charge in [-0.25, -0.2) is 4.39 Å². The molecule has 0 heterocycles. The second-order valence-corrected chi connectivity index (χ2v) is 6.78. The number of rotatable bonds is 9. The third kappa shape index (κ3) is 6.13. The summed E-state index contributed by atoms with van der Waals surface area (Å²) in [6, 6.07) is 5.00. The van der Waals surface area contributed by atoms with E-state index >= 15 is 0 Å². The van der Waals surface area contributed by atoms with Gasteiger partial charge in [-0.1, -0.05) is 17.7 Å². The Bertz CT molecular complexity index is 564. The van der Waals surface area contributed by atoms with Gasteiger partial charge in [-0.2, -0.15) is 0 Å². The maximum Gasteiger partial charge on any atom is 0.191 e. The summed E-state index contributed by atoms with van der Waals surface area (Å²) in [5.41, 5.74) is 0.606. The molecule has 2 N–H and O–H groups in total. The van der Waals surface area contributed by atoms with Crippen molar-refractivity contribution in [2.45, 2.75) is 24.8 Å². The first-order valence-electron chi connectivity index (χ1n) is 8.65. The molecule has 2 rings (SSSR count). The summed E-state index contributed by atoms with van der Waals surface area (Å²) in [6.45, 7) is 3.49. The first-order chi connectivity index (χ1) is 12.1. The third-order valence-corrected chi connectivity index (χ3v) is 4.71. The summed E-state index contributed by atoms with van der Waals surface area (Å²) in [4.78, 5) is 6.49. The molecule has 0 radical (unpaired) electrons. The number of benzene rings is 1. The lowest BCUT2D eigenvalue weighted by Crippen LogP contribution is -2.42. The highest BCUT2D eigenvalue weighted by Crippen LogP contribution is 2.44.